The van der Waals surface area contributed by atoms with Gasteiger partial charge in [0.1, 0.15) is 5.82 Å². The Morgan fingerprint density at radius 2 is 2.11 bits per heavy atom. The van der Waals surface area contributed by atoms with E-state index in [4.69, 9.17) is 4.84 Å². The summed E-state index contributed by atoms with van der Waals surface area (Å²) in [6.45, 7) is -0.0548. The molecular weight excluding hydrogens is 429 g/mol. The number of rotatable bonds is 2. The summed E-state index contributed by atoms with van der Waals surface area (Å²) in [5.41, 5.74) is 1.44. The van der Waals surface area contributed by atoms with Gasteiger partial charge in [-0.1, -0.05) is 33.2 Å². The summed E-state index contributed by atoms with van der Waals surface area (Å²) in [4.78, 5) is 19.4. The predicted molar refractivity (Wildman–Crippen MR) is 94.5 cm³/mol. The zero-order valence-corrected chi connectivity index (χ0v) is 15.4. The maximum absolute atomic E-state index is 13.2. The molecule has 4 rings (SSSR count). The Labute approximate surface area is 160 Å². The van der Waals surface area contributed by atoms with Gasteiger partial charge in [0.2, 0.25) is 6.10 Å². The summed E-state index contributed by atoms with van der Waals surface area (Å²) in [6.07, 6.45) is -4.03. The molecule has 2 aliphatic heterocycles. The number of hydrogen-bond acceptors (Lipinski definition) is 4. The van der Waals surface area contributed by atoms with E-state index in [1.54, 1.807) is 0 Å². The zero-order valence-electron chi connectivity index (χ0n) is 13.9. The van der Waals surface area contributed by atoms with Crippen molar-refractivity contribution in [1.82, 2.24) is 9.78 Å². The molecule has 0 spiro atoms. The molecule has 2 atom stereocenters. The van der Waals surface area contributed by atoms with Crippen molar-refractivity contribution in [3.8, 4) is 0 Å². The van der Waals surface area contributed by atoms with Crippen LogP contribution >= 0.6 is 15.9 Å². The molecule has 1 aromatic carbocycles. The summed E-state index contributed by atoms with van der Waals surface area (Å²) < 4.78 is 41.3. The average Bonchev–Trinajstić information content (AvgIpc) is 3.29. The van der Waals surface area contributed by atoms with Crippen LogP contribution in [0.5, 0.6) is 0 Å². The number of carbonyl (C=O) groups excluding carboxylic acids is 1. The van der Waals surface area contributed by atoms with Gasteiger partial charge < -0.3 is 4.84 Å². The Morgan fingerprint density at radius 1 is 1.30 bits per heavy atom. The van der Waals surface area contributed by atoms with Gasteiger partial charge in [-0.25, -0.2) is 4.68 Å². The molecule has 0 radical (unpaired) electrons. The summed E-state index contributed by atoms with van der Waals surface area (Å²) in [6, 6.07) is 7.10. The van der Waals surface area contributed by atoms with E-state index in [1.165, 1.54) is 17.2 Å². The topological polar surface area (TPSA) is 59.7 Å². The SMILES string of the molecule is O=C(C1CC(c2cccc(Br)c2)=NO1)N1CCC(C(F)(F)F)n2nccc21. The number of anilines is 1. The monoisotopic (exact) mass is 442 g/mol. The maximum Gasteiger partial charge on any atom is 0.410 e. The minimum atomic E-state index is -4.42. The molecule has 142 valence electrons. The molecule has 27 heavy (non-hydrogen) atoms. The van der Waals surface area contributed by atoms with Crippen LogP contribution < -0.4 is 4.90 Å². The van der Waals surface area contributed by atoms with Crippen molar-refractivity contribution in [3.05, 3.63) is 46.6 Å². The number of oxime groups is 1. The number of nitrogens with zero attached hydrogens (tertiary/aromatic N) is 4. The first-order chi connectivity index (χ1) is 12.8. The molecular formula is C17H14BrF3N4O2. The number of benzene rings is 1. The van der Waals surface area contributed by atoms with Crippen molar-refractivity contribution in [1.29, 1.82) is 0 Å². The third-order valence-electron chi connectivity index (χ3n) is 4.59. The number of aromatic nitrogens is 2. The van der Waals surface area contributed by atoms with E-state index in [9.17, 15) is 18.0 Å². The Hall–Kier alpha value is -2.36. The van der Waals surface area contributed by atoms with Gasteiger partial charge in [0.25, 0.3) is 5.91 Å². The van der Waals surface area contributed by atoms with Crippen LogP contribution in [0.25, 0.3) is 0 Å². The van der Waals surface area contributed by atoms with Crippen LogP contribution in [0.4, 0.5) is 19.0 Å². The second kappa shape index (κ2) is 6.66. The minimum absolute atomic E-state index is 0.0548. The summed E-state index contributed by atoms with van der Waals surface area (Å²) in [7, 11) is 0. The normalized spacial score (nSPS) is 22.2. The highest BCUT2D eigenvalue weighted by Gasteiger charge is 2.47. The number of amides is 1. The number of fused-ring (bicyclic) bond motifs is 1. The molecule has 1 amide bonds. The van der Waals surface area contributed by atoms with Gasteiger partial charge in [0.05, 0.1) is 11.9 Å². The second-order valence-electron chi connectivity index (χ2n) is 6.32. The summed E-state index contributed by atoms with van der Waals surface area (Å²) >= 11 is 3.38. The molecule has 2 unspecified atom stereocenters. The van der Waals surface area contributed by atoms with Crippen LogP contribution in [0.1, 0.15) is 24.4 Å². The van der Waals surface area contributed by atoms with Crippen LogP contribution in [0.2, 0.25) is 0 Å². The first-order valence-corrected chi connectivity index (χ1v) is 9.04. The van der Waals surface area contributed by atoms with Gasteiger partial charge in [-0.15, -0.1) is 0 Å². The van der Waals surface area contributed by atoms with Gasteiger partial charge >= 0.3 is 6.18 Å². The largest absolute Gasteiger partial charge is 0.410 e. The molecule has 1 aromatic heterocycles. The molecule has 10 heteroatoms. The number of carbonyl (C=O) groups is 1. The van der Waals surface area contributed by atoms with E-state index in [0.717, 1.165) is 14.7 Å². The van der Waals surface area contributed by atoms with Gasteiger partial charge in [0.15, 0.2) is 6.04 Å². The summed E-state index contributed by atoms with van der Waals surface area (Å²) in [5, 5.41) is 7.75. The first-order valence-electron chi connectivity index (χ1n) is 8.25. The van der Waals surface area contributed by atoms with Crippen LogP contribution in [-0.2, 0) is 9.63 Å². The van der Waals surface area contributed by atoms with E-state index in [1.807, 2.05) is 24.3 Å². The number of halogens is 4. The molecule has 0 bridgehead atoms. The number of hydrogen-bond donors (Lipinski definition) is 0. The van der Waals surface area contributed by atoms with Crippen LogP contribution in [0, 0.1) is 0 Å². The van der Waals surface area contributed by atoms with E-state index < -0.39 is 24.2 Å². The van der Waals surface area contributed by atoms with E-state index >= 15 is 0 Å². The Morgan fingerprint density at radius 3 is 2.85 bits per heavy atom. The Bertz CT molecular complexity index is 912. The molecule has 0 N–H and O–H groups in total. The highest BCUT2D eigenvalue weighted by Crippen LogP contribution is 2.39. The fourth-order valence-electron chi connectivity index (χ4n) is 3.30. The molecule has 0 saturated carbocycles. The molecule has 2 aromatic rings. The van der Waals surface area contributed by atoms with Crippen LogP contribution in [0.15, 0.2) is 46.2 Å². The second-order valence-corrected chi connectivity index (χ2v) is 7.23. The molecule has 2 aliphatic rings. The standard InChI is InChI=1S/C17H14BrF3N4O2/c18-11-3-1-2-10(8-11)12-9-13(27-23-12)16(26)24-7-5-14(17(19,20)21)25-15(24)4-6-22-25/h1-4,6,8,13-14H,5,7,9H2. The third-order valence-corrected chi connectivity index (χ3v) is 5.09. The van der Waals surface area contributed by atoms with Crippen molar-refractivity contribution in [2.45, 2.75) is 31.2 Å². The van der Waals surface area contributed by atoms with Crippen LogP contribution in [-0.4, -0.2) is 40.2 Å². The quantitative estimate of drug-likeness (QED) is 0.712. The van der Waals surface area contributed by atoms with Gasteiger partial charge in [-0.2, -0.15) is 18.3 Å². The van der Waals surface area contributed by atoms with Crippen LogP contribution in [0.3, 0.4) is 0 Å². The fourth-order valence-corrected chi connectivity index (χ4v) is 3.70. The van der Waals surface area contributed by atoms with Gasteiger partial charge in [-0.3, -0.25) is 9.69 Å². The summed E-state index contributed by atoms with van der Waals surface area (Å²) in [5.74, 6) is -0.306. The average molecular weight is 443 g/mol. The fraction of sp³-hybridized carbons (Fsp3) is 0.353. The zero-order chi connectivity index (χ0) is 19.2. The van der Waals surface area contributed by atoms with E-state index in [2.05, 4.69) is 26.2 Å². The lowest BCUT2D eigenvalue weighted by molar-refractivity contribution is -0.173. The van der Waals surface area contributed by atoms with Crippen molar-refractivity contribution >= 4 is 33.4 Å². The predicted octanol–water partition coefficient (Wildman–Crippen LogP) is 3.68. The van der Waals surface area contributed by atoms with Gasteiger partial charge in [-0.05, 0) is 18.6 Å². The van der Waals surface area contributed by atoms with Crippen molar-refractivity contribution in [2.24, 2.45) is 5.16 Å². The van der Waals surface area contributed by atoms with Gasteiger partial charge in [0, 0.05) is 29.1 Å². The lowest BCUT2D eigenvalue weighted by atomic mass is 10.0. The maximum atomic E-state index is 13.2. The lowest BCUT2D eigenvalue weighted by Gasteiger charge is -2.34. The lowest BCUT2D eigenvalue weighted by Crippen LogP contribution is -2.46. The van der Waals surface area contributed by atoms with Crippen molar-refractivity contribution in [2.75, 3.05) is 11.4 Å². The molecule has 3 heterocycles. The minimum Gasteiger partial charge on any atom is -0.382 e. The Balaban J connectivity index is 1.52. The van der Waals surface area contributed by atoms with Crippen molar-refractivity contribution in [3.63, 3.8) is 0 Å². The molecule has 0 aliphatic carbocycles. The highest BCUT2D eigenvalue weighted by molar-refractivity contribution is 9.10. The van der Waals surface area contributed by atoms with E-state index in [0.29, 0.717) is 5.71 Å². The van der Waals surface area contributed by atoms with Crippen molar-refractivity contribution < 1.29 is 22.8 Å². The highest BCUT2D eigenvalue weighted by atomic mass is 79.9. The number of alkyl halides is 3. The molecule has 0 fully saturated rings. The third kappa shape index (κ3) is 3.33. The molecule has 0 saturated heterocycles. The smallest absolute Gasteiger partial charge is 0.382 e. The van der Waals surface area contributed by atoms with E-state index in [-0.39, 0.29) is 25.2 Å². The molecule has 6 nitrogen and oxygen atoms in total. The Kier molecular flexibility index (Phi) is 4.45. The first kappa shape index (κ1) is 18.0.